The van der Waals surface area contributed by atoms with Gasteiger partial charge in [0.2, 0.25) is 0 Å². The molecule has 0 atom stereocenters. The van der Waals surface area contributed by atoms with Crippen LogP contribution < -0.4 is 5.32 Å². The van der Waals surface area contributed by atoms with E-state index < -0.39 is 0 Å². The Kier molecular flexibility index (Phi) is 2.22. The number of nitrogens with zero attached hydrogens (tertiary/aromatic N) is 1. The highest BCUT2D eigenvalue weighted by atomic mass is 15.1. The molecule has 11 heavy (non-hydrogen) atoms. The van der Waals surface area contributed by atoms with Crippen molar-refractivity contribution in [2.24, 2.45) is 5.41 Å². The van der Waals surface area contributed by atoms with Crippen molar-refractivity contribution in [3.63, 3.8) is 0 Å². The average molecular weight is 152 g/mol. The number of hydrogen-bond donors (Lipinski definition) is 1. The van der Waals surface area contributed by atoms with Crippen LogP contribution in [-0.2, 0) is 0 Å². The third kappa shape index (κ3) is 3.12. The smallest absolute Gasteiger partial charge is 0.0269 e. The van der Waals surface area contributed by atoms with E-state index in [4.69, 9.17) is 0 Å². The van der Waals surface area contributed by atoms with Crippen LogP contribution in [0.3, 0.4) is 0 Å². The van der Waals surface area contributed by atoms with E-state index in [9.17, 15) is 0 Å². The average Bonchev–Trinajstić information content (AvgIpc) is 1.85. The molecule has 1 aliphatic rings. The zero-order valence-electron chi connectivity index (χ0n) is 7.46. The van der Waals surface area contributed by atoms with Crippen molar-refractivity contribution < 1.29 is 0 Å². The third-order valence-corrected chi connectivity index (χ3v) is 1.38. The van der Waals surface area contributed by atoms with Crippen LogP contribution in [0.25, 0.3) is 0 Å². The topological polar surface area (TPSA) is 15.3 Å². The number of rotatable bonds is 1. The van der Waals surface area contributed by atoms with Gasteiger partial charge < -0.3 is 10.2 Å². The van der Waals surface area contributed by atoms with Gasteiger partial charge >= 0.3 is 0 Å². The van der Waals surface area contributed by atoms with Crippen LogP contribution in [0.4, 0.5) is 0 Å². The van der Waals surface area contributed by atoms with Crippen molar-refractivity contribution in [2.75, 3.05) is 6.54 Å². The third-order valence-electron chi connectivity index (χ3n) is 1.38. The lowest BCUT2D eigenvalue weighted by Gasteiger charge is -2.27. The normalized spacial score (nSPS) is 16.8. The molecule has 0 aromatic carbocycles. The number of nitrogens with one attached hydrogen (secondary N) is 1. The molecule has 1 rings (SSSR count). The Labute approximate surface area is 68.6 Å². The van der Waals surface area contributed by atoms with Crippen LogP contribution in [0.1, 0.15) is 20.8 Å². The van der Waals surface area contributed by atoms with Gasteiger partial charge in [0.25, 0.3) is 0 Å². The fourth-order valence-corrected chi connectivity index (χ4v) is 1.04. The first-order valence-corrected chi connectivity index (χ1v) is 3.93. The van der Waals surface area contributed by atoms with E-state index in [0.717, 1.165) is 6.54 Å². The summed E-state index contributed by atoms with van der Waals surface area (Å²) >= 11 is 0. The standard InChI is InChI=1S/C9H16N2/c1-9(2,3)8-11-6-4-10-5-7-11/h4-7,10H,8H2,1-3H3. The Hall–Kier alpha value is -0.920. The molecule has 0 aliphatic carbocycles. The maximum absolute atomic E-state index is 3.00. The van der Waals surface area contributed by atoms with E-state index in [2.05, 4.69) is 31.0 Å². The van der Waals surface area contributed by atoms with Crippen LogP contribution in [0.15, 0.2) is 24.8 Å². The molecule has 0 radical (unpaired) electrons. The molecule has 0 saturated heterocycles. The second-order valence-electron chi connectivity index (χ2n) is 4.03. The van der Waals surface area contributed by atoms with E-state index in [1.807, 2.05) is 24.8 Å². The summed E-state index contributed by atoms with van der Waals surface area (Å²) in [5.74, 6) is 0. The van der Waals surface area contributed by atoms with Gasteiger partial charge in [-0.15, -0.1) is 0 Å². The van der Waals surface area contributed by atoms with Crippen molar-refractivity contribution in [3.8, 4) is 0 Å². The monoisotopic (exact) mass is 152 g/mol. The van der Waals surface area contributed by atoms with Crippen molar-refractivity contribution in [1.29, 1.82) is 0 Å². The predicted octanol–water partition coefficient (Wildman–Crippen LogP) is 1.88. The van der Waals surface area contributed by atoms with Crippen LogP contribution in [0.5, 0.6) is 0 Å². The summed E-state index contributed by atoms with van der Waals surface area (Å²) in [6, 6.07) is 0. The Balaban J connectivity index is 2.43. The van der Waals surface area contributed by atoms with Crippen molar-refractivity contribution >= 4 is 0 Å². The lowest BCUT2D eigenvalue weighted by Crippen LogP contribution is -2.26. The molecule has 2 nitrogen and oxygen atoms in total. The molecule has 0 amide bonds. The molecule has 0 spiro atoms. The first-order valence-electron chi connectivity index (χ1n) is 3.93. The van der Waals surface area contributed by atoms with E-state index in [1.165, 1.54) is 0 Å². The van der Waals surface area contributed by atoms with E-state index in [1.54, 1.807) is 0 Å². The molecule has 0 unspecified atom stereocenters. The second-order valence-corrected chi connectivity index (χ2v) is 4.03. The van der Waals surface area contributed by atoms with Crippen molar-refractivity contribution in [2.45, 2.75) is 20.8 Å². The maximum Gasteiger partial charge on any atom is 0.0269 e. The molecule has 2 heteroatoms. The van der Waals surface area contributed by atoms with Gasteiger partial charge in [-0.25, -0.2) is 0 Å². The molecule has 62 valence electrons. The predicted molar refractivity (Wildman–Crippen MR) is 47.6 cm³/mol. The lowest BCUT2D eigenvalue weighted by molar-refractivity contribution is 0.302. The summed E-state index contributed by atoms with van der Waals surface area (Å²) in [7, 11) is 0. The highest BCUT2D eigenvalue weighted by Crippen LogP contribution is 2.15. The molecule has 0 saturated carbocycles. The molecule has 1 N–H and O–H groups in total. The van der Waals surface area contributed by atoms with Crippen molar-refractivity contribution in [1.82, 2.24) is 10.2 Å². The molecular formula is C9H16N2. The first-order chi connectivity index (χ1) is 5.08. The van der Waals surface area contributed by atoms with E-state index in [0.29, 0.717) is 5.41 Å². The summed E-state index contributed by atoms with van der Waals surface area (Å²) < 4.78 is 0. The molecule has 1 aliphatic heterocycles. The molecule has 0 aromatic heterocycles. The molecule has 1 heterocycles. The SMILES string of the molecule is CC(C)(C)CN1C=CNC=C1. The Morgan fingerprint density at radius 2 is 1.73 bits per heavy atom. The largest absolute Gasteiger partial charge is 0.365 e. The van der Waals surface area contributed by atoms with Gasteiger partial charge in [0.15, 0.2) is 0 Å². The molecular weight excluding hydrogens is 136 g/mol. The molecule has 0 aromatic rings. The van der Waals surface area contributed by atoms with Gasteiger partial charge in [0.05, 0.1) is 0 Å². The van der Waals surface area contributed by atoms with Gasteiger partial charge in [0, 0.05) is 31.3 Å². The zero-order chi connectivity index (χ0) is 8.32. The van der Waals surface area contributed by atoms with Gasteiger partial charge in [0.1, 0.15) is 0 Å². The minimum atomic E-state index is 0.353. The quantitative estimate of drug-likeness (QED) is 0.617. The highest BCUT2D eigenvalue weighted by Gasteiger charge is 2.12. The van der Waals surface area contributed by atoms with Crippen LogP contribution in [0.2, 0.25) is 0 Å². The van der Waals surface area contributed by atoms with Crippen LogP contribution in [0, 0.1) is 5.41 Å². The van der Waals surface area contributed by atoms with Gasteiger partial charge in [-0.2, -0.15) is 0 Å². The van der Waals surface area contributed by atoms with Gasteiger partial charge in [-0.1, -0.05) is 20.8 Å². The molecule has 0 fully saturated rings. The minimum Gasteiger partial charge on any atom is -0.365 e. The van der Waals surface area contributed by atoms with Gasteiger partial charge in [-0.05, 0) is 5.41 Å². The number of hydrogen-bond acceptors (Lipinski definition) is 2. The van der Waals surface area contributed by atoms with Crippen LogP contribution >= 0.6 is 0 Å². The Morgan fingerprint density at radius 3 is 2.18 bits per heavy atom. The van der Waals surface area contributed by atoms with E-state index in [-0.39, 0.29) is 0 Å². The molecule has 0 bridgehead atoms. The maximum atomic E-state index is 3.00. The van der Waals surface area contributed by atoms with Gasteiger partial charge in [-0.3, -0.25) is 0 Å². The summed E-state index contributed by atoms with van der Waals surface area (Å²) in [5.41, 5.74) is 0.353. The van der Waals surface area contributed by atoms with E-state index >= 15 is 0 Å². The van der Waals surface area contributed by atoms with Crippen molar-refractivity contribution in [3.05, 3.63) is 24.8 Å². The highest BCUT2D eigenvalue weighted by molar-refractivity contribution is 4.99. The van der Waals surface area contributed by atoms with Crippen LogP contribution in [-0.4, -0.2) is 11.4 Å². The zero-order valence-corrected chi connectivity index (χ0v) is 7.46. The first kappa shape index (κ1) is 8.18. The second kappa shape index (κ2) is 2.99. The summed E-state index contributed by atoms with van der Waals surface area (Å²) in [6.07, 6.45) is 7.97. The lowest BCUT2D eigenvalue weighted by atomic mass is 9.96. The summed E-state index contributed by atoms with van der Waals surface area (Å²) in [6.45, 7) is 7.76. The minimum absolute atomic E-state index is 0.353. The Morgan fingerprint density at radius 1 is 1.18 bits per heavy atom. The summed E-state index contributed by atoms with van der Waals surface area (Å²) in [4.78, 5) is 2.18. The Bertz CT molecular complexity index is 162. The fraction of sp³-hybridized carbons (Fsp3) is 0.556. The fourth-order valence-electron chi connectivity index (χ4n) is 1.04. The summed E-state index contributed by atoms with van der Waals surface area (Å²) in [5, 5.41) is 3.00.